The van der Waals surface area contributed by atoms with E-state index in [4.69, 9.17) is 16.6 Å². The Hall–Kier alpha value is -3.13. The van der Waals surface area contributed by atoms with Crippen molar-refractivity contribution in [3.63, 3.8) is 0 Å². The van der Waals surface area contributed by atoms with Gasteiger partial charge in [-0.3, -0.25) is 19.2 Å². The molecule has 0 saturated carbocycles. The molecule has 0 aliphatic carbocycles. The van der Waals surface area contributed by atoms with Gasteiger partial charge in [-0.15, -0.1) is 0 Å². The molecule has 9 N–H and O–H groups in total. The van der Waals surface area contributed by atoms with Crippen LogP contribution in [-0.4, -0.2) is 74.6 Å². The van der Waals surface area contributed by atoms with Crippen LogP contribution in [0, 0.1) is 0 Å². The molecule has 0 radical (unpaired) electrons. The minimum Gasteiger partial charge on any atom is -0.480 e. The van der Waals surface area contributed by atoms with E-state index in [0.29, 0.717) is 5.69 Å². The third kappa shape index (κ3) is 9.04. The van der Waals surface area contributed by atoms with Gasteiger partial charge in [0.1, 0.15) is 18.1 Å². The summed E-state index contributed by atoms with van der Waals surface area (Å²) in [4.78, 5) is 65.5. The highest BCUT2D eigenvalue weighted by Crippen LogP contribution is 2.00. The highest BCUT2D eigenvalue weighted by Gasteiger charge is 2.28. The highest BCUT2D eigenvalue weighted by atomic mass is 32.1. The molecule has 1 aromatic heterocycles. The van der Waals surface area contributed by atoms with E-state index >= 15 is 0 Å². The number of nitrogens with two attached hydrogens (primary N) is 2. The number of aromatic amines is 1. The lowest BCUT2D eigenvalue weighted by molar-refractivity contribution is -0.142. The number of thiol groups is 1. The lowest BCUT2D eigenvalue weighted by atomic mass is 10.1. The smallest absolute Gasteiger partial charge is 0.326 e. The largest absolute Gasteiger partial charge is 0.480 e. The lowest BCUT2D eigenvalue weighted by Crippen LogP contribution is -2.57. The molecule has 0 aliphatic heterocycles. The molecule has 0 aliphatic rings. The van der Waals surface area contributed by atoms with Crippen molar-refractivity contribution in [3.05, 3.63) is 18.2 Å². The fraction of sp³-hybridized carbons (Fsp3) is 0.529. The third-order valence-corrected chi connectivity index (χ3v) is 4.56. The van der Waals surface area contributed by atoms with E-state index in [1.807, 2.05) is 0 Å². The van der Waals surface area contributed by atoms with Gasteiger partial charge in [0.15, 0.2) is 0 Å². The summed E-state index contributed by atoms with van der Waals surface area (Å²) in [5, 5.41) is 16.2. The molecule has 0 aromatic carbocycles. The Balaban J connectivity index is 2.60. The van der Waals surface area contributed by atoms with Gasteiger partial charge in [0, 0.05) is 30.5 Å². The average molecular weight is 458 g/mol. The van der Waals surface area contributed by atoms with Gasteiger partial charge in [0.05, 0.1) is 12.4 Å². The predicted octanol–water partition coefficient (Wildman–Crippen LogP) is -2.97. The molecule has 31 heavy (non-hydrogen) atoms. The minimum atomic E-state index is -1.35. The topological polar surface area (TPSA) is 222 Å². The van der Waals surface area contributed by atoms with Gasteiger partial charge in [0.2, 0.25) is 23.6 Å². The van der Waals surface area contributed by atoms with Crippen molar-refractivity contribution >= 4 is 42.2 Å². The van der Waals surface area contributed by atoms with Crippen LogP contribution in [-0.2, 0) is 30.4 Å². The summed E-state index contributed by atoms with van der Waals surface area (Å²) in [6.45, 7) is 1.33. The van der Waals surface area contributed by atoms with E-state index in [1.54, 1.807) is 0 Å². The number of amides is 4. The fourth-order valence-corrected chi connectivity index (χ4v) is 2.68. The van der Waals surface area contributed by atoms with Crippen molar-refractivity contribution in [3.8, 4) is 0 Å². The first-order chi connectivity index (χ1) is 14.5. The normalized spacial score (nSPS) is 14.5. The molecular weight excluding hydrogens is 430 g/mol. The number of carboxylic acid groups (broad SMARTS) is 1. The molecule has 1 rings (SSSR count). The Morgan fingerprint density at radius 1 is 1.13 bits per heavy atom. The monoisotopic (exact) mass is 457 g/mol. The van der Waals surface area contributed by atoms with Crippen molar-refractivity contribution in [2.24, 2.45) is 11.5 Å². The number of carbonyl (C=O) groups is 5. The van der Waals surface area contributed by atoms with Gasteiger partial charge in [-0.2, -0.15) is 12.6 Å². The maximum absolute atomic E-state index is 12.4. The number of hydrogen-bond acceptors (Lipinski definition) is 8. The second-order valence-electron chi connectivity index (χ2n) is 6.77. The number of primary amides is 1. The van der Waals surface area contributed by atoms with Gasteiger partial charge in [-0.1, -0.05) is 0 Å². The number of carbonyl (C=O) groups excluding carboxylic acids is 4. The van der Waals surface area contributed by atoms with Crippen LogP contribution >= 0.6 is 12.6 Å². The van der Waals surface area contributed by atoms with Crippen molar-refractivity contribution in [2.75, 3.05) is 5.75 Å². The number of rotatable bonds is 13. The van der Waals surface area contributed by atoms with Gasteiger partial charge < -0.3 is 37.5 Å². The third-order valence-electron chi connectivity index (χ3n) is 4.19. The van der Waals surface area contributed by atoms with Crippen LogP contribution in [0.15, 0.2) is 12.5 Å². The first kappa shape index (κ1) is 25.9. The summed E-state index contributed by atoms with van der Waals surface area (Å²) >= 11 is 4.04. The minimum absolute atomic E-state index is 0.0704. The Bertz CT molecular complexity index is 788. The molecule has 14 heteroatoms. The van der Waals surface area contributed by atoms with Gasteiger partial charge in [0.25, 0.3) is 0 Å². The van der Waals surface area contributed by atoms with Crippen LogP contribution in [0.25, 0.3) is 0 Å². The highest BCUT2D eigenvalue weighted by molar-refractivity contribution is 7.80. The van der Waals surface area contributed by atoms with E-state index in [2.05, 4.69) is 38.5 Å². The first-order valence-electron chi connectivity index (χ1n) is 9.31. The summed E-state index contributed by atoms with van der Waals surface area (Å²) in [7, 11) is 0. The molecule has 0 spiro atoms. The van der Waals surface area contributed by atoms with Crippen molar-refractivity contribution < 1.29 is 29.1 Å². The number of H-pyrrole nitrogens is 1. The second-order valence-corrected chi connectivity index (χ2v) is 7.13. The van der Waals surface area contributed by atoms with Gasteiger partial charge >= 0.3 is 5.97 Å². The summed E-state index contributed by atoms with van der Waals surface area (Å²) < 4.78 is 0. The Labute approximate surface area is 183 Å². The van der Waals surface area contributed by atoms with E-state index in [0.717, 1.165) is 0 Å². The molecular formula is C17H27N7O6S. The molecule has 4 atom stereocenters. The average Bonchev–Trinajstić information content (AvgIpc) is 3.21. The maximum atomic E-state index is 12.4. The van der Waals surface area contributed by atoms with E-state index < -0.39 is 53.8 Å². The van der Waals surface area contributed by atoms with Crippen LogP contribution in [0.4, 0.5) is 0 Å². The predicted molar refractivity (Wildman–Crippen MR) is 112 cm³/mol. The molecule has 1 aromatic rings. The number of carboxylic acids is 1. The molecule has 13 nitrogen and oxygen atoms in total. The summed E-state index contributed by atoms with van der Waals surface area (Å²) in [6.07, 6.45) is 2.71. The molecule has 0 bridgehead atoms. The summed E-state index contributed by atoms with van der Waals surface area (Å²) in [6, 6.07) is -4.50. The van der Waals surface area contributed by atoms with Crippen molar-refractivity contribution in [1.82, 2.24) is 25.9 Å². The molecule has 0 saturated heterocycles. The van der Waals surface area contributed by atoms with Crippen LogP contribution in [0.5, 0.6) is 0 Å². The lowest BCUT2D eigenvalue weighted by Gasteiger charge is -2.22. The SMILES string of the molecule is CC(NC(=O)C(CS)NC(=O)C(N)Cc1cnc[nH]1)C(=O)NC(CCC(N)=O)C(=O)O. The zero-order valence-electron chi connectivity index (χ0n) is 16.8. The van der Waals surface area contributed by atoms with E-state index in [9.17, 15) is 24.0 Å². The summed E-state index contributed by atoms with van der Waals surface area (Å²) in [5.74, 6) is -4.22. The number of imidazole rings is 1. The van der Waals surface area contributed by atoms with Crippen LogP contribution in [0.2, 0.25) is 0 Å². The van der Waals surface area contributed by atoms with Crippen molar-refractivity contribution in [2.45, 2.75) is 50.4 Å². The van der Waals surface area contributed by atoms with Crippen molar-refractivity contribution in [1.29, 1.82) is 0 Å². The number of aliphatic carboxylic acids is 1. The fourth-order valence-electron chi connectivity index (χ4n) is 2.42. The maximum Gasteiger partial charge on any atom is 0.326 e. The quantitative estimate of drug-likeness (QED) is 0.142. The Morgan fingerprint density at radius 3 is 2.29 bits per heavy atom. The molecule has 1 heterocycles. The molecule has 4 amide bonds. The zero-order chi connectivity index (χ0) is 23.6. The van der Waals surface area contributed by atoms with Gasteiger partial charge in [-0.05, 0) is 13.3 Å². The van der Waals surface area contributed by atoms with Crippen LogP contribution in [0.1, 0.15) is 25.5 Å². The summed E-state index contributed by atoms with van der Waals surface area (Å²) in [5.41, 5.74) is 11.5. The number of hydrogen-bond donors (Lipinski definition) is 8. The molecule has 0 fully saturated rings. The van der Waals surface area contributed by atoms with Crippen LogP contribution < -0.4 is 27.4 Å². The number of aromatic nitrogens is 2. The number of nitrogens with one attached hydrogen (secondary N) is 4. The van der Waals surface area contributed by atoms with Crippen LogP contribution in [0.3, 0.4) is 0 Å². The first-order valence-corrected chi connectivity index (χ1v) is 9.94. The molecule has 4 unspecified atom stereocenters. The Kier molecular flexibility index (Phi) is 10.5. The Morgan fingerprint density at radius 2 is 1.77 bits per heavy atom. The second kappa shape index (κ2) is 12.5. The van der Waals surface area contributed by atoms with Gasteiger partial charge in [-0.25, -0.2) is 9.78 Å². The number of nitrogens with zero attached hydrogens (tertiary/aromatic N) is 1. The molecule has 172 valence electrons. The zero-order valence-corrected chi connectivity index (χ0v) is 17.7. The van der Waals surface area contributed by atoms with E-state index in [1.165, 1.54) is 19.4 Å². The standard InChI is InChI=1S/C17H27N7O6S/c1-8(14(26)23-11(17(29)30)2-3-13(19)25)22-16(28)12(6-31)24-15(27)10(18)4-9-5-20-7-21-9/h5,7-8,10-12,31H,2-4,6,18H2,1H3,(H2,19,25)(H,20,21)(H,22,28)(H,23,26)(H,24,27)(H,29,30). The van der Waals surface area contributed by atoms with E-state index in [-0.39, 0.29) is 25.0 Å².